The number of aliphatic carboxylic acids is 1. The minimum absolute atomic E-state index is 0.0800. The molecule has 0 fully saturated rings. The van der Waals surface area contributed by atoms with E-state index in [1.54, 1.807) is 13.8 Å². The van der Waals surface area contributed by atoms with Crippen LogP contribution in [0.5, 0.6) is 0 Å². The number of carboxylic acids is 1. The van der Waals surface area contributed by atoms with E-state index in [0.717, 1.165) is 22.3 Å². The van der Waals surface area contributed by atoms with Crippen molar-refractivity contribution in [2.24, 2.45) is 5.41 Å². The van der Waals surface area contributed by atoms with Crippen LogP contribution in [0.25, 0.3) is 11.1 Å². The van der Waals surface area contributed by atoms with Crippen LogP contribution in [0.1, 0.15) is 44.2 Å². The second-order valence-electron chi connectivity index (χ2n) is 9.12. The minimum Gasteiger partial charge on any atom is -0.481 e. The number of methoxy groups -OCH3 is 1. The fraction of sp³-hybridized carbons (Fsp3) is 0.423. The van der Waals surface area contributed by atoms with Gasteiger partial charge in [-0.3, -0.25) is 9.59 Å². The Labute approximate surface area is 199 Å². The van der Waals surface area contributed by atoms with E-state index in [2.05, 4.69) is 22.8 Å². The van der Waals surface area contributed by atoms with Crippen LogP contribution in [0.2, 0.25) is 0 Å². The van der Waals surface area contributed by atoms with Gasteiger partial charge >= 0.3 is 12.1 Å². The van der Waals surface area contributed by atoms with Crippen molar-refractivity contribution in [1.82, 2.24) is 10.6 Å². The molecular formula is C26H32N2O6. The average Bonchev–Trinajstić information content (AvgIpc) is 3.14. The molecule has 0 aliphatic heterocycles. The van der Waals surface area contributed by atoms with Crippen molar-refractivity contribution >= 4 is 18.0 Å². The van der Waals surface area contributed by atoms with Crippen molar-refractivity contribution in [2.45, 2.75) is 38.6 Å². The van der Waals surface area contributed by atoms with Crippen molar-refractivity contribution in [3.63, 3.8) is 0 Å². The molecule has 2 unspecified atom stereocenters. The molecule has 34 heavy (non-hydrogen) atoms. The quantitative estimate of drug-likeness (QED) is 0.491. The Kier molecular flexibility index (Phi) is 7.61. The van der Waals surface area contributed by atoms with Gasteiger partial charge in [0.25, 0.3) is 0 Å². The summed E-state index contributed by atoms with van der Waals surface area (Å²) >= 11 is 0. The molecule has 0 heterocycles. The lowest BCUT2D eigenvalue weighted by molar-refractivity contribution is -0.148. The van der Waals surface area contributed by atoms with Gasteiger partial charge in [-0.1, -0.05) is 55.5 Å². The largest absolute Gasteiger partial charge is 0.481 e. The average molecular weight is 469 g/mol. The molecule has 8 heteroatoms. The van der Waals surface area contributed by atoms with Gasteiger partial charge in [0.05, 0.1) is 12.0 Å². The summed E-state index contributed by atoms with van der Waals surface area (Å²) in [7, 11) is 1.42. The van der Waals surface area contributed by atoms with Crippen LogP contribution in [0.4, 0.5) is 4.79 Å². The molecule has 3 N–H and O–H groups in total. The van der Waals surface area contributed by atoms with E-state index in [4.69, 9.17) is 9.47 Å². The fourth-order valence-electron chi connectivity index (χ4n) is 4.13. The SMILES string of the molecule is CCC(C)(CNC(=O)C(C)(COC)NC(=O)OCC1c2ccccc2-c2ccccc21)C(=O)O. The Morgan fingerprint density at radius 2 is 1.56 bits per heavy atom. The van der Waals surface area contributed by atoms with Gasteiger partial charge in [0.1, 0.15) is 12.1 Å². The molecule has 2 aromatic carbocycles. The Balaban J connectivity index is 1.67. The van der Waals surface area contributed by atoms with Gasteiger partial charge < -0.3 is 25.2 Å². The van der Waals surface area contributed by atoms with Crippen molar-refractivity contribution in [1.29, 1.82) is 0 Å². The van der Waals surface area contributed by atoms with E-state index in [1.165, 1.54) is 14.0 Å². The maximum Gasteiger partial charge on any atom is 0.408 e. The van der Waals surface area contributed by atoms with Gasteiger partial charge in [0.15, 0.2) is 0 Å². The van der Waals surface area contributed by atoms with E-state index >= 15 is 0 Å². The van der Waals surface area contributed by atoms with Gasteiger partial charge in [-0.15, -0.1) is 0 Å². The number of benzene rings is 2. The van der Waals surface area contributed by atoms with E-state index in [0.29, 0.717) is 6.42 Å². The lowest BCUT2D eigenvalue weighted by Crippen LogP contribution is -2.60. The smallest absolute Gasteiger partial charge is 0.408 e. The van der Waals surface area contributed by atoms with E-state index in [9.17, 15) is 19.5 Å². The molecule has 2 atom stereocenters. The molecule has 0 spiro atoms. The number of hydrogen-bond donors (Lipinski definition) is 3. The summed E-state index contributed by atoms with van der Waals surface area (Å²) < 4.78 is 10.7. The topological polar surface area (TPSA) is 114 Å². The number of amides is 2. The van der Waals surface area contributed by atoms with Gasteiger partial charge in [-0.05, 0) is 42.5 Å². The number of rotatable bonds is 10. The maximum atomic E-state index is 12.9. The zero-order valence-electron chi connectivity index (χ0n) is 20.0. The normalized spacial score (nSPS) is 15.9. The highest BCUT2D eigenvalue weighted by atomic mass is 16.5. The van der Waals surface area contributed by atoms with Crippen LogP contribution in [0.15, 0.2) is 48.5 Å². The molecule has 2 amide bonds. The van der Waals surface area contributed by atoms with Crippen LogP contribution in [-0.2, 0) is 19.1 Å². The van der Waals surface area contributed by atoms with Crippen molar-refractivity contribution < 1.29 is 29.0 Å². The molecule has 1 aliphatic rings. The zero-order valence-corrected chi connectivity index (χ0v) is 20.0. The van der Waals surface area contributed by atoms with Crippen LogP contribution in [0.3, 0.4) is 0 Å². The molecule has 0 saturated carbocycles. The molecule has 8 nitrogen and oxygen atoms in total. The van der Waals surface area contributed by atoms with Gasteiger partial charge in [0.2, 0.25) is 5.91 Å². The molecular weight excluding hydrogens is 436 g/mol. The lowest BCUT2D eigenvalue weighted by Gasteiger charge is -2.31. The van der Waals surface area contributed by atoms with Crippen LogP contribution in [0, 0.1) is 5.41 Å². The minimum atomic E-state index is -1.44. The molecule has 0 aromatic heterocycles. The molecule has 0 saturated heterocycles. The van der Waals surface area contributed by atoms with E-state index < -0.39 is 28.9 Å². The number of hydrogen-bond acceptors (Lipinski definition) is 5. The third-order valence-corrected chi connectivity index (χ3v) is 6.59. The Morgan fingerprint density at radius 1 is 1.00 bits per heavy atom. The van der Waals surface area contributed by atoms with Crippen molar-refractivity contribution in [3.05, 3.63) is 59.7 Å². The summed E-state index contributed by atoms with van der Waals surface area (Å²) in [6.45, 7) is 4.73. The highest BCUT2D eigenvalue weighted by molar-refractivity contribution is 5.90. The number of carbonyl (C=O) groups is 3. The monoisotopic (exact) mass is 468 g/mol. The lowest BCUT2D eigenvalue weighted by atomic mass is 9.87. The zero-order chi connectivity index (χ0) is 24.9. The van der Waals surface area contributed by atoms with Gasteiger partial charge in [-0.25, -0.2) is 4.79 Å². The van der Waals surface area contributed by atoms with Crippen LogP contribution >= 0.6 is 0 Å². The Bertz CT molecular complexity index is 1030. The second-order valence-corrected chi connectivity index (χ2v) is 9.12. The summed E-state index contributed by atoms with van der Waals surface area (Å²) in [6.07, 6.45) is -0.420. The predicted octanol–water partition coefficient (Wildman–Crippen LogP) is 3.55. The van der Waals surface area contributed by atoms with Crippen molar-refractivity contribution in [2.75, 3.05) is 26.9 Å². The second kappa shape index (κ2) is 10.3. The predicted molar refractivity (Wildman–Crippen MR) is 128 cm³/mol. The molecule has 1 aliphatic carbocycles. The first-order chi connectivity index (χ1) is 16.1. The molecule has 0 radical (unpaired) electrons. The summed E-state index contributed by atoms with van der Waals surface area (Å²) in [5.41, 5.74) is 1.85. The summed E-state index contributed by atoms with van der Waals surface area (Å²) in [5.74, 6) is -1.67. The van der Waals surface area contributed by atoms with Crippen LogP contribution < -0.4 is 10.6 Å². The Morgan fingerprint density at radius 3 is 2.06 bits per heavy atom. The first-order valence-electron chi connectivity index (χ1n) is 11.3. The molecule has 3 rings (SSSR count). The van der Waals surface area contributed by atoms with Crippen LogP contribution in [-0.4, -0.2) is 55.5 Å². The number of carboxylic acid groups (broad SMARTS) is 1. The number of fused-ring (bicyclic) bond motifs is 3. The summed E-state index contributed by atoms with van der Waals surface area (Å²) in [6, 6.07) is 16.0. The summed E-state index contributed by atoms with van der Waals surface area (Å²) in [5, 5.41) is 14.7. The van der Waals surface area contributed by atoms with Gasteiger partial charge in [-0.2, -0.15) is 0 Å². The number of nitrogens with one attached hydrogen (secondary N) is 2. The first-order valence-corrected chi connectivity index (χ1v) is 11.3. The third-order valence-electron chi connectivity index (χ3n) is 6.59. The number of ether oxygens (including phenoxy) is 2. The third kappa shape index (κ3) is 5.07. The number of carbonyl (C=O) groups excluding carboxylic acids is 2. The standard InChI is InChI=1S/C26H32N2O6/c1-5-25(2,23(30)31)15-27-22(29)26(3,16-33-4)28-24(32)34-14-21-19-12-8-6-10-17(19)18-11-7-9-13-20(18)21/h6-13,21H,5,14-16H2,1-4H3,(H,27,29)(H,28,32)(H,30,31). The summed E-state index contributed by atoms with van der Waals surface area (Å²) in [4.78, 5) is 37.2. The Hall–Kier alpha value is -3.39. The first kappa shape index (κ1) is 25.2. The molecule has 2 aromatic rings. The van der Waals surface area contributed by atoms with Gasteiger partial charge in [0, 0.05) is 19.6 Å². The maximum absolute atomic E-state index is 12.9. The highest BCUT2D eigenvalue weighted by Crippen LogP contribution is 2.44. The van der Waals surface area contributed by atoms with Crippen molar-refractivity contribution in [3.8, 4) is 11.1 Å². The number of alkyl carbamates (subject to hydrolysis) is 1. The molecule has 182 valence electrons. The van der Waals surface area contributed by atoms with E-state index in [1.807, 2.05) is 36.4 Å². The highest BCUT2D eigenvalue weighted by Gasteiger charge is 2.39. The van der Waals surface area contributed by atoms with E-state index in [-0.39, 0.29) is 25.7 Å². The molecule has 0 bridgehead atoms. The fourth-order valence-corrected chi connectivity index (χ4v) is 4.13.